The van der Waals surface area contributed by atoms with Gasteiger partial charge in [-0.1, -0.05) is 13.8 Å². The van der Waals surface area contributed by atoms with Crippen molar-refractivity contribution >= 4 is 11.6 Å². The number of rotatable bonds is 0. The second kappa shape index (κ2) is 3.87. The Kier molecular flexibility index (Phi) is 2.42. The summed E-state index contributed by atoms with van der Waals surface area (Å²) in [7, 11) is 0. The van der Waals surface area contributed by atoms with E-state index in [0.717, 1.165) is 56.3 Å². The monoisotopic (exact) mass is 300 g/mol. The van der Waals surface area contributed by atoms with E-state index in [-0.39, 0.29) is 5.41 Å². The summed E-state index contributed by atoms with van der Waals surface area (Å²) in [6.45, 7) is 4.79. The summed E-state index contributed by atoms with van der Waals surface area (Å²) < 4.78 is 0. The summed E-state index contributed by atoms with van der Waals surface area (Å²) in [5.74, 6) is 4.06. The Morgan fingerprint density at radius 3 is 2.64 bits per heavy atom. The second-order valence-corrected chi connectivity index (χ2v) is 9.72. The van der Waals surface area contributed by atoms with Crippen molar-refractivity contribution in [2.45, 2.75) is 71.6 Å². The molecule has 120 valence electrons. The predicted octanol–water partition coefficient (Wildman–Crippen LogP) is 4.17. The van der Waals surface area contributed by atoms with Crippen LogP contribution in [0.2, 0.25) is 0 Å². The summed E-state index contributed by atoms with van der Waals surface area (Å²) in [4.78, 5) is 24.5. The molecule has 2 nitrogen and oxygen atoms in total. The summed E-state index contributed by atoms with van der Waals surface area (Å²) in [6, 6.07) is 0. The third kappa shape index (κ3) is 1.35. The number of carbonyl (C=O) groups is 2. The molecule has 0 heterocycles. The lowest BCUT2D eigenvalue weighted by Gasteiger charge is -2.59. The molecule has 5 aliphatic carbocycles. The fourth-order valence-electron chi connectivity index (χ4n) is 7.96. The Bertz CT molecular complexity index is 580. The zero-order chi connectivity index (χ0) is 15.3. The number of hydrogen-bond acceptors (Lipinski definition) is 2. The number of carbonyl (C=O) groups excluding carboxylic acids is 2. The normalized spacial score (nSPS) is 59.4. The van der Waals surface area contributed by atoms with Crippen LogP contribution in [0.5, 0.6) is 0 Å². The van der Waals surface area contributed by atoms with Crippen LogP contribution in [0.15, 0.2) is 0 Å². The largest absolute Gasteiger partial charge is 0.300 e. The maximum absolute atomic E-state index is 12.5. The summed E-state index contributed by atoms with van der Waals surface area (Å²) in [5, 5.41) is 0. The van der Waals surface area contributed by atoms with Gasteiger partial charge in [0.2, 0.25) is 0 Å². The van der Waals surface area contributed by atoms with Crippen LogP contribution in [0.25, 0.3) is 0 Å². The highest BCUT2D eigenvalue weighted by molar-refractivity contribution is 5.87. The molecule has 0 bridgehead atoms. The van der Waals surface area contributed by atoms with Crippen molar-refractivity contribution in [2.24, 2.45) is 39.9 Å². The minimum absolute atomic E-state index is 0.00307. The van der Waals surface area contributed by atoms with E-state index in [1.54, 1.807) is 0 Å². The van der Waals surface area contributed by atoms with Crippen molar-refractivity contribution in [3.63, 3.8) is 0 Å². The van der Waals surface area contributed by atoms with Crippen molar-refractivity contribution < 1.29 is 9.59 Å². The van der Waals surface area contributed by atoms with E-state index >= 15 is 0 Å². The molecule has 0 saturated heterocycles. The number of Topliss-reactive ketones (excluding diaryl/α,β-unsaturated/α-hetero) is 2. The molecule has 0 aromatic heterocycles. The molecule has 0 aromatic carbocycles. The van der Waals surface area contributed by atoms with Crippen LogP contribution >= 0.6 is 0 Å². The SMILES string of the molecule is C[C@]12CC[C@H]3[C@@H](C[C@H]4C[C@]45CC(=O)CC[C@]35C)[C@@H]1CCC2=O. The van der Waals surface area contributed by atoms with Gasteiger partial charge in [0.15, 0.2) is 0 Å². The van der Waals surface area contributed by atoms with E-state index < -0.39 is 0 Å². The van der Waals surface area contributed by atoms with Crippen LogP contribution in [0.1, 0.15) is 71.6 Å². The van der Waals surface area contributed by atoms with Crippen molar-refractivity contribution in [2.75, 3.05) is 0 Å². The first-order valence-corrected chi connectivity index (χ1v) is 9.46. The van der Waals surface area contributed by atoms with Gasteiger partial charge in [-0.3, -0.25) is 9.59 Å². The minimum atomic E-state index is -0.00307. The topological polar surface area (TPSA) is 34.1 Å². The number of fused-ring (bicyclic) bond motifs is 4. The molecule has 2 heteroatoms. The van der Waals surface area contributed by atoms with Crippen molar-refractivity contribution in [1.82, 2.24) is 0 Å². The van der Waals surface area contributed by atoms with Gasteiger partial charge < -0.3 is 0 Å². The highest BCUT2D eigenvalue weighted by atomic mass is 16.1. The van der Waals surface area contributed by atoms with E-state index in [1.165, 1.54) is 19.3 Å². The number of hydrogen-bond donors (Lipinski definition) is 0. The van der Waals surface area contributed by atoms with Crippen molar-refractivity contribution in [3.05, 3.63) is 0 Å². The molecule has 5 rings (SSSR count). The highest BCUT2D eigenvalue weighted by Gasteiger charge is 2.73. The molecule has 0 aliphatic heterocycles. The minimum Gasteiger partial charge on any atom is -0.300 e. The molecule has 5 aliphatic rings. The average molecular weight is 300 g/mol. The molecule has 0 radical (unpaired) electrons. The maximum atomic E-state index is 12.5. The van der Waals surface area contributed by atoms with Gasteiger partial charge in [-0.2, -0.15) is 0 Å². The second-order valence-electron chi connectivity index (χ2n) is 9.72. The Morgan fingerprint density at radius 2 is 1.82 bits per heavy atom. The van der Waals surface area contributed by atoms with Gasteiger partial charge in [-0.15, -0.1) is 0 Å². The van der Waals surface area contributed by atoms with Crippen LogP contribution in [-0.2, 0) is 9.59 Å². The Hall–Kier alpha value is -0.660. The molecule has 1 spiro atoms. The maximum Gasteiger partial charge on any atom is 0.139 e. The van der Waals surface area contributed by atoms with E-state index in [0.29, 0.717) is 28.3 Å². The zero-order valence-corrected chi connectivity index (χ0v) is 14.0. The van der Waals surface area contributed by atoms with Gasteiger partial charge in [0.1, 0.15) is 11.6 Å². The van der Waals surface area contributed by atoms with E-state index in [2.05, 4.69) is 13.8 Å². The van der Waals surface area contributed by atoms with Crippen molar-refractivity contribution in [1.29, 1.82) is 0 Å². The third-order valence-corrected chi connectivity index (χ3v) is 9.33. The molecule has 5 fully saturated rings. The summed E-state index contributed by atoms with van der Waals surface area (Å²) >= 11 is 0. The molecule has 0 aromatic rings. The first-order valence-electron chi connectivity index (χ1n) is 9.46. The van der Waals surface area contributed by atoms with Gasteiger partial charge >= 0.3 is 0 Å². The van der Waals surface area contributed by atoms with Gasteiger partial charge in [0, 0.05) is 24.7 Å². The van der Waals surface area contributed by atoms with Crippen LogP contribution < -0.4 is 0 Å². The van der Waals surface area contributed by atoms with E-state index in [9.17, 15) is 9.59 Å². The predicted molar refractivity (Wildman–Crippen MR) is 84.2 cm³/mol. The molecular weight excluding hydrogens is 272 g/mol. The zero-order valence-electron chi connectivity index (χ0n) is 14.0. The summed E-state index contributed by atoms with van der Waals surface area (Å²) in [6.07, 6.45) is 9.76. The Morgan fingerprint density at radius 1 is 1.00 bits per heavy atom. The smallest absolute Gasteiger partial charge is 0.139 e. The first-order chi connectivity index (χ1) is 10.4. The molecule has 0 amide bonds. The van der Waals surface area contributed by atoms with Crippen LogP contribution in [-0.4, -0.2) is 11.6 Å². The highest BCUT2D eigenvalue weighted by Crippen LogP contribution is 2.79. The first kappa shape index (κ1) is 13.7. The van der Waals surface area contributed by atoms with Crippen molar-refractivity contribution in [3.8, 4) is 0 Å². The Labute approximate surface area is 133 Å². The van der Waals surface area contributed by atoms with Gasteiger partial charge in [-0.25, -0.2) is 0 Å². The standard InChI is InChI=1S/C20H28O2/c1-18-7-6-16-14(15(18)3-4-17(18)22)9-12-10-20(12)11-13(21)5-8-19(16,20)2/h12,14-16H,3-11H2,1-2H3/t12-,14-,15-,16-,18-,19+,20-/m0/s1. The molecule has 0 N–H and O–H groups in total. The third-order valence-electron chi connectivity index (χ3n) is 9.33. The lowest BCUT2D eigenvalue weighted by Crippen LogP contribution is -2.54. The fourth-order valence-corrected chi connectivity index (χ4v) is 7.96. The van der Waals surface area contributed by atoms with Gasteiger partial charge in [-0.05, 0) is 73.0 Å². The average Bonchev–Trinajstić information content (AvgIpc) is 3.08. The van der Waals surface area contributed by atoms with E-state index in [4.69, 9.17) is 0 Å². The lowest BCUT2D eigenvalue weighted by atomic mass is 9.45. The molecule has 7 atom stereocenters. The van der Waals surface area contributed by atoms with Crippen LogP contribution in [0.4, 0.5) is 0 Å². The molecular formula is C20H28O2. The van der Waals surface area contributed by atoms with Gasteiger partial charge in [0.05, 0.1) is 0 Å². The van der Waals surface area contributed by atoms with Crippen LogP contribution in [0.3, 0.4) is 0 Å². The van der Waals surface area contributed by atoms with Gasteiger partial charge in [0.25, 0.3) is 0 Å². The summed E-state index contributed by atoms with van der Waals surface area (Å²) in [5.41, 5.74) is 0.762. The van der Waals surface area contributed by atoms with Crippen LogP contribution in [0, 0.1) is 39.9 Å². The lowest BCUT2D eigenvalue weighted by molar-refractivity contribution is -0.147. The Balaban J connectivity index is 1.54. The molecule has 0 unspecified atom stereocenters. The number of ketones is 2. The molecule has 22 heavy (non-hydrogen) atoms. The quantitative estimate of drug-likeness (QED) is 0.673. The van der Waals surface area contributed by atoms with E-state index in [1.807, 2.05) is 0 Å². The molecule has 5 saturated carbocycles. The fraction of sp³-hybridized carbons (Fsp3) is 0.900.